The fourth-order valence-corrected chi connectivity index (χ4v) is 7.85. The molecule has 20 heteroatoms. The van der Waals surface area contributed by atoms with E-state index in [0.29, 0.717) is 0 Å². The van der Waals surface area contributed by atoms with Gasteiger partial charge in [-0.15, -0.1) is 0 Å². The van der Waals surface area contributed by atoms with Crippen LogP contribution in [-0.2, 0) is 0 Å². The molecule has 0 aliphatic heterocycles. The minimum atomic E-state index is -1.23. The summed E-state index contributed by atoms with van der Waals surface area (Å²) in [5, 5.41) is 102. The first-order valence-corrected chi connectivity index (χ1v) is 18.5. The Labute approximate surface area is 354 Å². The number of rotatable bonds is 5. The van der Waals surface area contributed by atoms with Gasteiger partial charge < -0.3 is 72.8 Å². The number of benzene rings is 5. The van der Waals surface area contributed by atoms with Crippen molar-refractivity contribution in [1.29, 1.82) is 0 Å². The molecule has 5 heterocycles. The number of phenols is 9. The van der Waals surface area contributed by atoms with Crippen LogP contribution in [0.25, 0.3) is 88.2 Å². The number of ether oxygens (including phenoxy) is 1. The molecular formula is C45H22O20. The zero-order valence-electron chi connectivity index (χ0n) is 32.0. The average molecular weight is 883 g/mol. The van der Waals surface area contributed by atoms with Crippen LogP contribution < -0.4 is 32.9 Å². The molecule has 0 aliphatic rings. The van der Waals surface area contributed by atoms with Crippen molar-refractivity contribution in [1.82, 2.24) is 0 Å². The highest BCUT2D eigenvalue weighted by Gasteiger charge is 2.34. The fourth-order valence-electron chi connectivity index (χ4n) is 7.85. The Balaban J connectivity index is 1.30. The molecule has 5 aromatic carbocycles. The zero-order valence-corrected chi connectivity index (χ0v) is 32.0. The monoisotopic (exact) mass is 882 g/mol. The molecule has 0 saturated carbocycles. The molecule has 0 fully saturated rings. The number of fused-ring (bicyclic) bond motifs is 5. The lowest BCUT2D eigenvalue weighted by Gasteiger charge is -2.21. The van der Waals surface area contributed by atoms with Gasteiger partial charge in [0.2, 0.25) is 5.75 Å². The Kier molecular flexibility index (Phi) is 8.36. The molecule has 20 nitrogen and oxygen atoms in total. The van der Waals surface area contributed by atoms with Crippen molar-refractivity contribution in [3.05, 3.63) is 131 Å². The normalized spacial score (nSPS) is 11.6. The second-order valence-electron chi connectivity index (χ2n) is 14.3. The van der Waals surface area contributed by atoms with E-state index in [2.05, 4.69) is 0 Å². The third kappa shape index (κ3) is 5.81. The van der Waals surface area contributed by atoms with E-state index in [1.807, 2.05) is 0 Å². The number of aromatic hydroxyl groups is 9. The molecule has 10 aromatic rings. The summed E-state index contributed by atoms with van der Waals surface area (Å²) in [5.41, 5.74) is -10.6. The van der Waals surface area contributed by atoms with Crippen LogP contribution in [0.3, 0.4) is 0 Å². The molecule has 0 bridgehead atoms. The SMILES string of the molecule is O=c1ccc2c(Oc3cc4oc(=O)ccc4c(-c4c(O)c(O)c(-c5c(O)c(O)c(-c6c(O)c(O)cc7oc(=O)ccc67)c6ccc(=O)oc56)c5ccc(=O)oc45)c3O)c(O)c(O)cc2o1. The molecule has 0 amide bonds. The quantitative estimate of drug-likeness (QED) is 0.0670. The van der Waals surface area contributed by atoms with E-state index in [9.17, 15) is 69.9 Å². The van der Waals surface area contributed by atoms with Crippen LogP contribution >= 0.6 is 0 Å². The summed E-state index contributed by atoms with van der Waals surface area (Å²) in [6, 6.07) is 13.0. The van der Waals surface area contributed by atoms with E-state index in [0.717, 1.165) is 66.7 Å². The maximum atomic E-state index is 13.0. The van der Waals surface area contributed by atoms with Crippen molar-refractivity contribution in [3.8, 4) is 96.6 Å². The molecular weight excluding hydrogens is 860 g/mol. The molecule has 10 rings (SSSR count). The van der Waals surface area contributed by atoms with Crippen LogP contribution in [0, 0.1) is 0 Å². The van der Waals surface area contributed by atoms with E-state index < -0.39 is 136 Å². The standard InChI is InChI=1S/C45H22O20/c46-19-11-21-14(1-6-25(48)60-21)30(36(19)53)32-17-4-9-28(51)64-43(17)35(42(59)39(32)56)33-18-5-10-29(52)65-44(18)34(41(58)40(33)57)31-15-2-7-26(49)62-23(15)13-24(38(31)55)63-45-16-3-8-27(50)61-22(16)12-20(47)37(45)54/h1-13,46-47,53-59H. The Morgan fingerprint density at radius 1 is 0.323 bits per heavy atom. The molecule has 0 radical (unpaired) electrons. The molecule has 0 spiro atoms. The van der Waals surface area contributed by atoms with Gasteiger partial charge in [0.05, 0.1) is 16.5 Å². The molecule has 5 aromatic heterocycles. The third-order valence-electron chi connectivity index (χ3n) is 10.6. The predicted octanol–water partition coefficient (Wildman–Crippen LogP) is 6.36. The van der Waals surface area contributed by atoms with Crippen LogP contribution in [-0.4, -0.2) is 46.0 Å². The van der Waals surface area contributed by atoms with Gasteiger partial charge in [0, 0.05) is 92.3 Å². The topological polar surface area (TPSA) is 342 Å². The molecule has 0 unspecified atom stereocenters. The zero-order chi connectivity index (χ0) is 45.9. The number of hydrogen-bond donors (Lipinski definition) is 9. The smallest absolute Gasteiger partial charge is 0.336 e. The summed E-state index contributed by atoms with van der Waals surface area (Å²) in [7, 11) is 0. The van der Waals surface area contributed by atoms with Gasteiger partial charge in [-0.25, -0.2) is 24.0 Å². The Bertz CT molecular complexity index is 4090. The maximum Gasteiger partial charge on any atom is 0.336 e. The van der Waals surface area contributed by atoms with Gasteiger partial charge in [-0.05, 0) is 30.3 Å². The average Bonchev–Trinajstić information content (AvgIpc) is 3.26. The Morgan fingerprint density at radius 3 is 1.15 bits per heavy atom. The summed E-state index contributed by atoms with van der Waals surface area (Å²) in [5.74, 6) is -10.4. The second-order valence-corrected chi connectivity index (χ2v) is 14.3. The largest absolute Gasteiger partial charge is 0.504 e. The van der Waals surface area contributed by atoms with Crippen LogP contribution in [0.2, 0.25) is 0 Å². The van der Waals surface area contributed by atoms with E-state index >= 15 is 0 Å². The lowest BCUT2D eigenvalue weighted by molar-refractivity contribution is 0.364. The summed E-state index contributed by atoms with van der Waals surface area (Å²) in [4.78, 5) is 62.5. The summed E-state index contributed by atoms with van der Waals surface area (Å²) < 4.78 is 32.7. The van der Waals surface area contributed by atoms with Crippen LogP contribution in [0.15, 0.2) is 125 Å². The molecule has 322 valence electrons. The first-order valence-electron chi connectivity index (χ1n) is 18.5. The molecule has 9 N–H and O–H groups in total. The third-order valence-corrected chi connectivity index (χ3v) is 10.6. The summed E-state index contributed by atoms with van der Waals surface area (Å²) >= 11 is 0. The highest BCUT2D eigenvalue weighted by Crippen LogP contribution is 2.60. The maximum absolute atomic E-state index is 13.0. The van der Waals surface area contributed by atoms with E-state index in [1.54, 1.807) is 0 Å². The predicted molar refractivity (Wildman–Crippen MR) is 224 cm³/mol. The van der Waals surface area contributed by atoms with Crippen molar-refractivity contribution in [2.24, 2.45) is 0 Å². The van der Waals surface area contributed by atoms with Crippen molar-refractivity contribution in [2.75, 3.05) is 0 Å². The van der Waals surface area contributed by atoms with Gasteiger partial charge in [0.15, 0.2) is 68.7 Å². The highest BCUT2D eigenvalue weighted by atomic mass is 16.5. The first-order chi connectivity index (χ1) is 31.0. The molecule has 0 atom stereocenters. The van der Waals surface area contributed by atoms with E-state index in [1.165, 1.54) is 12.1 Å². The van der Waals surface area contributed by atoms with Crippen LogP contribution in [0.1, 0.15) is 0 Å². The number of phenolic OH excluding ortho intramolecular Hbond substituents is 9. The van der Waals surface area contributed by atoms with Crippen molar-refractivity contribution >= 4 is 54.8 Å². The van der Waals surface area contributed by atoms with Crippen molar-refractivity contribution in [3.63, 3.8) is 0 Å². The first kappa shape index (κ1) is 39.3. The van der Waals surface area contributed by atoms with E-state index in [-0.39, 0.29) is 43.7 Å². The van der Waals surface area contributed by atoms with Gasteiger partial charge in [-0.2, -0.15) is 0 Å². The lowest BCUT2D eigenvalue weighted by Crippen LogP contribution is -2.02. The number of hydrogen-bond acceptors (Lipinski definition) is 20. The second kappa shape index (κ2) is 13.8. The van der Waals surface area contributed by atoms with Gasteiger partial charge in [0.1, 0.15) is 16.7 Å². The highest BCUT2D eigenvalue weighted by molar-refractivity contribution is 6.19. The molecule has 0 aliphatic carbocycles. The van der Waals surface area contributed by atoms with E-state index in [4.69, 9.17) is 26.8 Å². The van der Waals surface area contributed by atoms with Crippen LogP contribution in [0.5, 0.6) is 63.2 Å². The van der Waals surface area contributed by atoms with Gasteiger partial charge in [-0.1, -0.05) is 0 Å². The van der Waals surface area contributed by atoms with Gasteiger partial charge in [0.25, 0.3) is 0 Å². The minimum Gasteiger partial charge on any atom is -0.504 e. The minimum absolute atomic E-state index is 0.0833. The summed E-state index contributed by atoms with van der Waals surface area (Å²) in [6.07, 6.45) is 0. The van der Waals surface area contributed by atoms with Gasteiger partial charge in [-0.3, -0.25) is 0 Å². The Hall–Kier alpha value is -9.85. The van der Waals surface area contributed by atoms with Gasteiger partial charge >= 0.3 is 28.1 Å². The van der Waals surface area contributed by atoms with Crippen molar-refractivity contribution in [2.45, 2.75) is 0 Å². The lowest BCUT2D eigenvalue weighted by atomic mass is 9.87. The molecule has 65 heavy (non-hydrogen) atoms. The Morgan fingerprint density at radius 2 is 0.662 bits per heavy atom. The van der Waals surface area contributed by atoms with Crippen molar-refractivity contribution < 1.29 is 72.8 Å². The fraction of sp³-hybridized carbons (Fsp3) is 0. The van der Waals surface area contributed by atoms with Crippen LogP contribution in [0.4, 0.5) is 0 Å². The molecule has 0 saturated heterocycles. The summed E-state index contributed by atoms with van der Waals surface area (Å²) in [6.45, 7) is 0.